The molecule has 7 atom stereocenters. The van der Waals surface area contributed by atoms with E-state index >= 15 is 0 Å². The number of carbonyl (C=O) groups is 1. The zero-order valence-corrected chi connectivity index (χ0v) is 42.5. The van der Waals surface area contributed by atoms with Gasteiger partial charge in [-0.2, -0.15) is 0 Å². The van der Waals surface area contributed by atoms with Crippen molar-refractivity contribution in [2.45, 2.75) is 314 Å². The standard InChI is InChI=1S/C56H107NO8/c1-3-5-7-9-11-13-14-15-16-17-18-19-20-21-22-23-24-25-26-27-28-29-30-31-32-33-34-35-36-38-40-42-44-46-52(60)57-49(50(59)45-43-41-39-37-12-10-8-6-4-2)48-64-56-55(63)54(62)53(61)51(47-58)65-56/h17-18,43,45,49-51,53-56,58-59,61-63H,3-16,19-42,44,46-48H2,1-2H3,(H,57,60)/b18-17-,45-43+. The molecule has 0 saturated carbocycles. The summed E-state index contributed by atoms with van der Waals surface area (Å²) in [6, 6.07) is -0.799. The van der Waals surface area contributed by atoms with Crippen molar-refractivity contribution in [2.75, 3.05) is 13.2 Å². The predicted octanol–water partition coefficient (Wildman–Crippen LogP) is 13.4. The SMILES string of the molecule is CCCCCCCCC/C=C/C(O)C(COC1OC(CO)C(O)C(O)C1O)NC(=O)CCCCCCCCCCCCCCCCCCCCCCC/C=C\CCCCCCCCCC. The Kier molecular flexibility index (Phi) is 44.0. The average molecular weight is 922 g/mol. The second kappa shape index (κ2) is 46.4. The summed E-state index contributed by atoms with van der Waals surface area (Å²) >= 11 is 0. The molecule has 0 aromatic rings. The van der Waals surface area contributed by atoms with Gasteiger partial charge in [-0.3, -0.25) is 4.79 Å². The van der Waals surface area contributed by atoms with Gasteiger partial charge in [-0.1, -0.05) is 244 Å². The fraction of sp³-hybridized carbons (Fsp3) is 0.911. The van der Waals surface area contributed by atoms with Crippen molar-refractivity contribution in [3.8, 4) is 0 Å². The zero-order valence-electron chi connectivity index (χ0n) is 42.5. The largest absolute Gasteiger partial charge is 0.394 e. The molecule has 0 radical (unpaired) electrons. The molecule has 0 aromatic heterocycles. The Bertz CT molecular complexity index is 1070. The van der Waals surface area contributed by atoms with Gasteiger partial charge < -0.3 is 40.3 Å². The summed E-state index contributed by atoms with van der Waals surface area (Å²) < 4.78 is 11.2. The summed E-state index contributed by atoms with van der Waals surface area (Å²) in [6.45, 7) is 3.76. The zero-order chi connectivity index (χ0) is 47.3. The van der Waals surface area contributed by atoms with Gasteiger partial charge in [0.2, 0.25) is 5.91 Å². The van der Waals surface area contributed by atoms with Gasteiger partial charge in [0.25, 0.3) is 0 Å². The summed E-state index contributed by atoms with van der Waals surface area (Å²) in [4.78, 5) is 13.0. The summed E-state index contributed by atoms with van der Waals surface area (Å²) in [5, 5.41) is 54.2. The van der Waals surface area contributed by atoms with E-state index in [1.54, 1.807) is 6.08 Å². The number of unbranched alkanes of at least 4 members (excludes halogenated alkanes) is 36. The monoisotopic (exact) mass is 922 g/mol. The quantitative estimate of drug-likeness (QED) is 0.0261. The van der Waals surface area contributed by atoms with Gasteiger partial charge in [0, 0.05) is 6.42 Å². The third kappa shape index (κ3) is 36.3. The molecule has 1 rings (SSSR count). The number of nitrogens with one attached hydrogen (secondary N) is 1. The normalized spacial score (nSPS) is 20.0. The highest BCUT2D eigenvalue weighted by Gasteiger charge is 2.44. The number of hydrogen-bond acceptors (Lipinski definition) is 8. The molecular formula is C56H107NO8. The third-order valence-electron chi connectivity index (χ3n) is 13.5. The van der Waals surface area contributed by atoms with Crippen LogP contribution >= 0.6 is 0 Å². The van der Waals surface area contributed by atoms with Crippen LogP contribution in [-0.4, -0.2) is 87.5 Å². The van der Waals surface area contributed by atoms with Crippen LogP contribution in [0, 0.1) is 0 Å². The van der Waals surface area contributed by atoms with Gasteiger partial charge in [0.05, 0.1) is 25.4 Å². The smallest absolute Gasteiger partial charge is 0.220 e. The second-order valence-electron chi connectivity index (χ2n) is 19.7. The van der Waals surface area contributed by atoms with Crippen molar-refractivity contribution in [3.05, 3.63) is 24.3 Å². The highest BCUT2D eigenvalue weighted by atomic mass is 16.7. The molecule has 1 fully saturated rings. The molecule has 9 heteroatoms. The number of ether oxygens (including phenoxy) is 2. The highest BCUT2D eigenvalue weighted by Crippen LogP contribution is 2.23. The van der Waals surface area contributed by atoms with Gasteiger partial charge in [0.15, 0.2) is 6.29 Å². The number of rotatable bonds is 48. The van der Waals surface area contributed by atoms with Crippen LogP contribution in [0.2, 0.25) is 0 Å². The summed E-state index contributed by atoms with van der Waals surface area (Å²) in [5.41, 5.74) is 0. The average Bonchev–Trinajstić information content (AvgIpc) is 3.31. The summed E-state index contributed by atoms with van der Waals surface area (Å²) in [6.07, 6.45) is 51.4. The van der Waals surface area contributed by atoms with Crippen LogP contribution in [-0.2, 0) is 14.3 Å². The van der Waals surface area contributed by atoms with Crippen LogP contribution in [0.4, 0.5) is 0 Å². The molecule has 1 saturated heterocycles. The minimum absolute atomic E-state index is 0.175. The summed E-state index contributed by atoms with van der Waals surface area (Å²) in [5.74, 6) is -0.175. The van der Waals surface area contributed by atoms with Crippen molar-refractivity contribution < 1.29 is 39.8 Å². The van der Waals surface area contributed by atoms with E-state index in [0.29, 0.717) is 6.42 Å². The molecule has 384 valence electrons. The van der Waals surface area contributed by atoms with Gasteiger partial charge in [0.1, 0.15) is 24.4 Å². The minimum Gasteiger partial charge on any atom is -0.394 e. The molecule has 1 heterocycles. The first-order chi connectivity index (χ1) is 31.8. The first-order valence-corrected chi connectivity index (χ1v) is 28.1. The Balaban J connectivity index is 2.05. The molecule has 0 aliphatic carbocycles. The second-order valence-corrected chi connectivity index (χ2v) is 19.7. The fourth-order valence-corrected chi connectivity index (χ4v) is 9.04. The maximum atomic E-state index is 13.0. The lowest BCUT2D eigenvalue weighted by atomic mass is 9.99. The van der Waals surface area contributed by atoms with Crippen molar-refractivity contribution in [1.29, 1.82) is 0 Å². The van der Waals surface area contributed by atoms with Gasteiger partial charge in [-0.05, 0) is 44.9 Å². The van der Waals surface area contributed by atoms with E-state index in [2.05, 4.69) is 31.3 Å². The topological polar surface area (TPSA) is 149 Å². The number of hydrogen-bond donors (Lipinski definition) is 6. The van der Waals surface area contributed by atoms with E-state index in [9.17, 15) is 30.3 Å². The number of carbonyl (C=O) groups excluding carboxylic acids is 1. The minimum atomic E-state index is -1.56. The molecule has 7 unspecified atom stereocenters. The molecule has 1 aliphatic heterocycles. The van der Waals surface area contributed by atoms with E-state index < -0.39 is 49.5 Å². The van der Waals surface area contributed by atoms with E-state index in [1.807, 2.05) is 6.08 Å². The van der Waals surface area contributed by atoms with Crippen LogP contribution in [0.1, 0.15) is 271 Å². The molecule has 0 spiro atoms. The first-order valence-electron chi connectivity index (χ1n) is 28.1. The predicted molar refractivity (Wildman–Crippen MR) is 272 cm³/mol. The molecule has 0 aromatic carbocycles. The number of allylic oxidation sites excluding steroid dienone is 3. The van der Waals surface area contributed by atoms with Crippen LogP contribution in [0.5, 0.6) is 0 Å². The van der Waals surface area contributed by atoms with E-state index in [1.165, 1.54) is 212 Å². The van der Waals surface area contributed by atoms with Crippen LogP contribution < -0.4 is 5.32 Å². The van der Waals surface area contributed by atoms with Crippen LogP contribution in [0.3, 0.4) is 0 Å². The Hall–Kier alpha value is -1.33. The third-order valence-corrected chi connectivity index (χ3v) is 13.5. The maximum absolute atomic E-state index is 13.0. The lowest BCUT2D eigenvalue weighted by Crippen LogP contribution is -2.60. The Morgan fingerprint density at radius 1 is 0.508 bits per heavy atom. The molecule has 1 amide bonds. The van der Waals surface area contributed by atoms with Crippen LogP contribution in [0.15, 0.2) is 24.3 Å². The van der Waals surface area contributed by atoms with E-state index in [4.69, 9.17) is 9.47 Å². The number of aliphatic hydroxyl groups is 5. The fourth-order valence-electron chi connectivity index (χ4n) is 9.04. The van der Waals surface area contributed by atoms with Crippen LogP contribution in [0.25, 0.3) is 0 Å². The van der Waals surface area contributed by atoms with E-state index in [0.717, 1.165) is 38.5 Å². The molecule has 65 heavy (non-hydrogen) atoms. The first kappa shape index (κ1) is 61.7. The number of aliphatic hydroxyl groups excluding tert-OH is 5. The van der Waals surface area contributed by atoms with Crippen molar-refractivity contribution in [1.82, 2.24) is 5.32 Å². The molecule has 0 bridgehead atoms. The molecule has 6 N–H and O–H groups in total. The molecule has 1 aliphatic rings. The van der Waals surface area contributed by atoms with E-state index in [-0.39, 0.29) is 12.5 Å². The maximum Gasteiger partial charge on any atom is 0.220 e. The highest BCUT2D eigenvalue weighted by molar-refractivity contribution is 5.76. The lowest BCUT2D eigenvalue weighted by Gasteiger charge is -2.40. The van der Waals surface area contributed by atoms with Gasteiger partial charge >= 0.3 is 0 Å². The summed E-state index contributed by atoms with van der Waals surface area (Å²) in [7, 11) is 0. The van der Waals surface area contributed by atoms with Gasteiger partial charge in [-0.25, -0.2) is 0 Å². The van der Waals surface area contributed by atoms with Gasteiger partial charge in [-0.15, -0.1) is 0 Å². The number of amides is 1. The molecular weight excluding hydrogens is 815 g/mol. The lowest BCUT2D eigenvalue weighted by molar-refractivity contribution is -0.302. The Labute approximate surface area is 400 Å². The Morgan fingerprint density at radius 2 is 0.862 bits per heavy atom. The van der Waals surface area contributed by atoms with Crippen molar-refractivity contribution >= 4 is 5.91 Å². The molecule has 9 nitrogen and oxygen atoms in total. The van der Waals surface area contributed by atoms with Crippen molar-refractivity contribution in [2.24, 2.45) is 0 Å². The Morgan fingerprint density at radius 3 is 1.25 bits per heavy atom. The van der Waals surface area contributed by atoms with Crippen molar-refractivity contribution in [3.63, 3.8) is 0 Å².